The van der Waals surface area contributed by atoms with Crippen LogP contribution in [0.5, 0.6) is 11.5 Å². The summed E-state index contributed by atoms with van der Waals surface area (Å²) >= 11 is 0. The Morgan fingerprint density at radius 1 is 1.23 bits per heavy atom. The number of hydrogen-bond acceptors (Lipinski definition) is 7. The summed E-state index contributed by atoms with van der Waals surface area (Å²) in [6.45, 7) is 1.82. The van der Waals surface area contributed by atoms with Crippen molar-refractivity contribution in [3.05, 3.63) is 70.8 Å². The number of rotatable bonds is 6. The summed E-state index contributed by atoms with van der Waals surface area (Å²) in [4.78, 5) is 26.8. The predicted molar refractivity (Wildman–Crippen MR) is 90.5 cm³/mol. The van der Waals surface area contributed by atoms with Crippen LogP contribution in [-0.2, 0) is 4.74 Å². The third-order valence-corrected chi connectivity index (χ3v) is 3.34. The van der Waals surface area contributed by atoms with Gasteiger partial charge in [0.15, 0.2) is 5.75 Å². The molecule has 0 aliphatic rings. The molecule has 9 heteroatoms. The first-order valence-corrected chi connectivity index (χ1v) is 7.68. The number of nitro benzene ring substituents is 1. The van der Waals surface area contributed by atoms with Gasteiger partial charge in [-0.05, 0) is 25.1 Å². The lowest BCUT2D eigenvalue weighted by atomic mass is 10.3. The van der Waals surface area contributed by atoms with E-state index in [0.29, 0.717) is 5.69 Å². The van der Waals surface area contributed by atoms with Gasteiger partial charge in [0.25, 0.3) is 0 Å². The molecule has 0 aliphatic carbocycles. The number of para-hydroxylation sites is 2. The molecule has 0 atom stereocenters. The van der Waals surface area contributed by atoms with E-state index in [-0.39, 0.29) is 29.5 Å². The third-order valence-electron chi connectivity index (χ3n) is 3.34. The van der Waals surface area contributed by atoms with Crippen LogP contribution in [0.25, 0.3) is 5.69 Å². The molecule has 0 spiro atoms. The van der Waals surface area contributed by atoms with E-state index in [1.807, 2.05) is 0 Å². The van der Waals surface area contributed by atoms with Crippen molar-refractivity contribution in [2.24, 2.45) is 0 Å². The number of pyridine rings is 1. The molecule has 0 fully saturated rings. The fourth-order valence-corrected chi connectivity index (χ4v) is 2.21. The van der Waals surface area contributed by atoms with Crippen LogP contribution in [0.4, 0.5) is 5.69 Å². The highest BCUT2D eigenvalue weighted by Crippen LogP contribution is 2.33. The molecule has 0 amide bonds. The zero-order valence-electron chi connectivity index (χ0n) is 13.7. The van der Waals surface area contributed by atoms with Gasteiger partial charge in [-0.2, -0.15) is 5.10 Å². The maximum absolute atomic E-state index is 12.2. The lowest BCUT2D eigenvalue weighted by Gasteiger charge is -2.05. The van der Waals surface area contributed by atoms with Crippen LogP contribution >= 0.6 is 0 Å². The van der Waals surface area contributed by atoms with Gasteiger partial charge < -0.3 is 9.47 Å². The van der Waals surface area contributed by atoms with E-state index >= 15 is 0 Å². The second-order valence-electron chi connectivity index (χ2n) is 5.05. The highest BCUT2D eigenvalue weighted by atomic mass is 16.6. The average Bonchev–Trinajstić information content (AvgIpc) is 3.07. The van der Waals surface area contributed by atoms with E-state index in [9.17, 15) is 14.9 Å². The smallest absolute Gasteiger partial charge is 0.362 e. The summed E-state index contributed by atoms with van der Waals surface area (Å²) in [5.41, 5.74) is 0.278. The van der Waals surface area contributed by atoms with E-state index in [0.717, 1.165) is 0 Å². The molecule has 132 valence electrons. The van der Waals surface area contributed by atoms with Gasteiger partial charge in [-0.15, -0.1) is 0 Å². The van der Waals surface area contributed by atoms with Gasteiger partial charge in [0.2, 0.25) is 11.4 Å². The minimum Gasteiger partial charge on any atom is -0.461 e. The number of ether oxygens (including phenoxy) is 2. The molecule has 0 N–H and O–H groups in total. The van der Waals surface area contributed by atoms with Crippen LogP contribution in [0.3, 0.4) is 0 Å². The van der Waals surface area contributed by atoms with Crippen LogP contribution in [0, 0.1) is 10.1 Å². The van der Waals surface area contributed by atoms with Crippen molar-refractivity contribution >= 4 is 11.7 Å². The Kier molecular flexibility index (Phi) is 4.88. The Bertz CT molecular complexity index is 939. The number of nitro groups is 1. The number of benzene rings is 1. The van der Waals surface area contributed by atoms with Gasteiger partial charge in [-0.3, -0.25) is 15.1 Å². The fourth-order valence-electron chi connectivity index (χ4n) is 2.21. The maximum atomic E-state index is 12.2. The molecule has 9 nitrogen and oxygen atoms in total. The Balaban J connectivity index is 2.04. The highest BCUT2D eigenvalue weighted by molar-refractivity contribution is 5.90. The first-order valence-electron chi connectivity index (χ1n) is 7.68. The Morgan fingerprint density at radius 2 is 2.04 bits per heavy atom. The molecule has 1 aromatic carbocycles. The van der Waals surface area contributed by atoms with Gasteiger partial charge in [-0.25, -0.2) is 9.48 Å². The monoisotopic (exact) mass is 354 g/mol. The average molecular weight is 354 g/mol. The molecule has 2 heterocycles. The zero-order chi connectivity index (χ0) is 18.5. The topological polar surface area (TPSA) is 109 Å². The van der Waals surface area contributed by atoms with Gasteiger partial charge in [0.05, 0.1) is 29.6 Å². The molecule has 26 heavy (non-hydrogen) atoms. The van der Waals surface area contributed by atoms with Gasteiger partial charge >= 0.3 is 11.7 Å². The minimum absolute atomic E-state index is 0.00575. The second kappa shape index (κ2) is 7.43. The summed E-state index contributed by atoms with van der Waals surface area (Å²) in [5.74, 6) is -0.654. The van der Waals surface area contributed by atoms with E-state index in [1.54, 1.807) is 37.5 Å². The minimum atomic E-state index is -0.691. The molecule has 0 unspecified atom stereocenters. The van der Waals surface area contributed by atoms with Crippen molar-refractivity contribution < 1.29 is 19.2 Å². The molecule has 0 saturated heterocycles. The Labute approximate surface area is 148 Å². The van der Waals surface area contributed by atoms with Crippen LogP contribution in [0.2, 0.25) is 0 Å². The normalized spacial score (nSPS) is 10.3. The second-order valence-corrected chi connectivity index (χ2v) is 5.05. The van der Waals surface area contributed by atoms with Gasteiger partial charge in [0, 0.05) is 12.3 Å². The summed E-state index contributed by atoms with van der Waals surface area (Å²) in [6.07, 6.45) is 4.60. The van der Waals surface area contributed by atoms with Crippen LogP contribution in [0.15, 0.2) is 55.0 Å². The lowest BCUT2D eigenvalue weighted by Crippen LogP contribution is -2.08. The summed E-state index contributed by atoms with van der Waals surface area (Å²) in [6, 6.07) is 9.32. The molecule has 3 aromatic rings. The van der Waals surface area contributed by atoms with Crippen LogP contribution in [0.1, 0.15) is 17.4 Å². The van der Waals surface area contributed by atoms with Crippen molar-refractivity contribution in [1.82, 2.24) is 14.8 Å². The van der Waals surface area contributed by atoms with Crippen molar-refractivity contribution in [1.29, 1.82) is 0 Å². The lowest BCUT2D eigenvalue weighted by molar-refractivity contribution is -0.385. The number of carbonyl (C=O) groups is 1. The molecule has 0 bridgehead atoms. The first kappa shape index (κ1) is 17.1. The Morgan fingerprint density at radius 3 is 2.73 bits per heavy atom. The number of aromatic nitrogens is 3. The highest BCUT2D eigenvalue weighted by Gasteiger charge is 2.23. The molecular formula is C17H14N4O5. The van der Waals surface area contributed by atoms with E-state index in [2.05, 4.69) is 10.1 Å². The predicted octanol–water partition coefficient (Wildman–Crippen LogP) is 3.14. The number of carbonyl (C=O) groups excluding carboxylic acids is 1. The summed E-state index contributed by atoms with van der Waals surface area (Å²) in [5, 5.41) is 15.3. The van der Waals surface area contributed by atoms with Crippen LogP contribution in [-0.4, -0.2) is 32.3 Å². The molecule has 0 radical (unpaired) electrons. The quantitative estimate of drug-likeness (QED) is 0.380. The molecule has 0 saturated carbocycles. The Hall–Kier alpha value is -3.75. The molecule has 2 aromatic heterocycles. The summed E-state index contributed by atoms with van der Waals surface area (Å²) in [7, 11) is 0. The van der Waals surface area contributed by atoms with Crippen molar-refractivity contribution in [3.63, 3.8) is 0 Å². The largest absolute Gasteiger partial charge is 0.461 e. The zero-order valence-corrected chi connectivity index (χ0v) is 13.7. The van der Waals surface area contributed by atoms with Crippen LogP contribution < -0.4 is 4.74 Å². The van der Waals surface area contributed by atoms with Gasteiger partial charge in [-0.1, -0.05) is 12.1 Å². The molecule has 3 rings (SSSR count). The SMILES string of the molecule is CCOC(=O)c1nn(-c2cccnc2)cc1Oc1ccccc1[N+](=O)[O-]. The van der Waals surface area contributed by atoms with Gasteiger partial charge in [0.1, 0.15) is 0 Å². The van der Waals surface area contributed by atoms with E-state index < -0.39 is 10.9 Å². The number of esters is 1. The van der Waals surface area contributed by atoms with E-state index in [1.165, 1.54) is 29.1 Å². The van der Waals surface area contributed by atoms with Crippen molar-refractivity contribution in [2.45, 2.75) is 6.92 Å². The van der Waals surface area contributed by atoms with Crippen molar-refractivity contribution in [2.75, 3.05) is 6.61 Å². The standard InChI is InChI=1S/C17H14N4O5/c1-2-25-17(22)16-15(11-20(19-16)12-6-5-9-18-10-12)26-14-8-4-3-7-13(14)21(23)24/h3-11H,2H2,1H3. The maximum Gasteiger partial charge on any atom is 0.362 e. The summed E-state index contributed by atoms with van der Waals surface area (Å²) < 4.78 is 12.0. The third kappa shape index (κ3) is 3.51. The first-order chi connectivity index (χ1) is 12.6. The number of nitrogens with zero attached hydrogens (tertiary/aromatic N) is 4. The van der Waals surface area contributed by atoms with Crippen molar-refractivity contribution in [3.8, 4) is 17.2 Å². The fraction of sp³-hybridized carbons (Fsp3) is 0.118. The molecular weight excluding hydrogens is 340 g/mol. The number of hydrogen-bond donors (Lipinski definition) is 0. The van der Waals surface area contributed by atoms with E-state index in [4.69, 9.17) is 9.47 Å². The molecule has 0 aliphatic heterocycles.